The van der Waals surface area contributed by atoms with Crippen molar-refractivity contribution >= 4 is 22.7 Å². The van der Waals surface area contributed by atoms with Gasteiger partial charge in [-0.15, -0.1) is 0 Å². The molecule has 3 aromatic rings. The highest BCUT2D eigenvalue weighted by atomic mass is 16.5. The highest BCUT2D eigenvalue weighted by molar-refractivity contribution is 5.88. The normalized spacial score (nSPS) is 18.8. The van der Waals surface area contributed by atoms with Gasteiger partial charge in [-0.2, -0.15) is 5.10 Å². The molecule has 2 aliphatic heterocycles. The van der Waals surface area contributed by atoms with E-state index in [1.165, 1.54) is 39.0 Å². The third-order valence-corrected chi connectivity index (χ3v) is 8.62. The molecule has 1 atom stereocenters. The molecule has 41 heavy (non-hydrogen) atoms. The lowest BCUT2D eigenvalue weighted by Crippen LogP contribution is -2.33. The van der Waals surface area contributed by atoms with Crippen molar-refractivity contribution in [1.29, 1.82) is 0 Å². The van der Waals surface area contributed by atoms with Crippen molar-refractivity contribution in [3.8, 4) is 0 Å². The van der Waals surface area contributed by atoms with Crippen LogP contribution in [0.3, 0.4) is 0 Å². The minimum absolute atomic E-state index is 0.0178. The number of carboxylic acid groups (broad SMARTS) is 1. The number of benzene rings is 2. The Bertz CT molecular complexity index is 1350. The van der Waals surface area contributed by atoms with E-state index in [1.54, 1.807) is 0 Å². The Morgan fingerprint density at radius 1 is 1.15 bits per heavy atom. The van der Waals surface area contributed by atoms with E-state index in [-0.39, 0.29) is 11.6 Å². The van der Waals surface area contributed by atoms with Crippen LogP contribution in [-0.4, -0.2) is 65.7 Å². The van der Waals surface area contributed by atoms with Gasteiger partial charge in [0.15, 0.2) is 6.23 Å². The fraction of sp³-hybridized carbons (Fsp3) is 0.576. The van der Waals surface area contributed by atoms with Crippen LogP contribution in [0, 0.1) is 6.92 Å². The van der Waals surface area contributed by atoms with E-state index in [9.17, 15) is 4.79 Å². The number of carbonyl (C=O) groups is 1. The molecule has 1 amide bonds. The van der Waals surface area contributed by atoms with Gasteiger partial charge in [0.05, 0.1) is 11.2 Å². The number of hydrogen-bond acceptors (Lipinski definition) is 5. The quantitative estimate of drug-likeness (QED) is 0.330. The first-order valence-electron chi connectivity index (χ1n) is 15.2. The highest BCUT2D eigenvalue weighted by Crippen LogP contribution is 2.42. The van der Waals surface area contributed by atoms with Crippen molar-refractivity contribution in [2.75, 3.05) is 44.7 Å². The summed E-state index contributed by atoms with van der Waals surface area (Å²) in [6.07, 6.45) is 4.41. The number of piperidine rings is 1. The average molecular weight is 562 g/mol. The van der Waals surface area contributed by atoms with Crippen LogP contribution < -0.4 is 10.2 Å². The SMILES string of the molecule is Cc1cccc(N2CCC(c3nn(C4CCCCO4)c4ccc(CN(C)CCNC(=O)O)c(C(C)(C)C)c34)CC2)c1. The van der Waals surface area contributed by atoms with Gasteiger partial charge in [0.1, 0.15) is 0 Å². The zero-order chi connectivity index (χ0) is 29.1. The Morgan fingerprint density at radius 2 is 1.93 bits per heavy atom. The number of amides is 1. The van der Waals surface area contributed by atoms with E-state index in [0.29, 0.717) is 19.0 Å². The molecule has 0 spiro atoms. The molecule has 0 radical (unpaired) electrons. The third kappa shape index (κ3) is 6.70. The van der Waals surface area contributed by atoms with Crippen molar-refractivity contribution < 1.29 is 14.6 Å². The molecule has 0 aliphatic carbocycles. The molecule has 2 fully saturated rings. The third-order valence-electron chi connectivity index (χ3n) is 8.62. The second-order valence-corrected chi connectivity index (χ2v) is 13.0. The Labute approximate surface area is 244 Å². The van der Waals surface area contributed by atoms with Gasteiger partial charge in [-0.25, -0.2) is 9.48 Å². The van der Waals surface area contributed by atoms with E-state index in [1.807, 2.05) is 0 Å². The predicted octanol–water partition coefficient (Wildman–Crippen LogP) is 6.42. The molecule has 2 aliphatic rings. The highest BCUT2D eigenvalue weighted by Gasteiger charge is 2.32. The number of aryl methyl sites for hydroxylation is 1. The lowest BCUT2D eigenvalue weighted by Gasteiger charge is -2.34. The summed E-state index contributed by atoms with van der Waals surface area (Å²) in [7, 11) is 2.06. The number of fused-ring (bicyclic) bond motifs is 1. The summed E-state index contributed by atoms with van der Waals surface area (Å²) >= 11 is 0. The second kappa shape index (κ2) is 12.4. The molecule has 8 nitrogen and oxygen atoms in total. The van der Waals surface area contributed by atoms with E-state index >= 15 is 0 Å². The van der Waals surface area contributed by atoms with Crippen LogP contribution in [0.25, 0.3) is 10.9 Å². The van der Waals surface area contributed by atoms with Gasteiger partial charge in [0, 0.05) is 56.3 Å². The number of anilines is 1. The van der Waals surface area contributed by atoms with Crippen molar-refractivity contribution in [3.05, 3.63) is 58.8 Å². The number of ether oxygens (including phenoxy) is 1. The number of rotatable bonds is 8. The Balaban J connectivity index is 1.52. The molecule has 3 heterocycles. The van der Waals surface area contributed by atoms with Crippen LogP contribution in [0.1, 0.15) is 87.4 Å². The maximum atomic E-state index is 11.0. The largest absolute Gasteiger partial charge is 0.465 e. The van der Waals surface area contributed by atoms with Crippen LogP contribution in [0.15, 0.2) is 36.4 Å². The average Bonchev–Trinajstić information content (AvgIpc) is 3.32. The van der Waals surface area contributed by atoms with E-state index in [0.717, 1.165) is 58.3 Å². The summed E-state index contributed by atoms with van der Waals surface area (Å²) in [4.78, 5) is 15.7. The maximum absolute atomic E-state index is 11.0. The zero-order valence-electron chi connectivity index (χ0n) is 25.4. The number of likely N-dealkylation sites (N-methyl/N-ethyl adjacent to an activating group) is 1. The standard InChI is InChI=1S/C33H47N5O3/c1-23-9-8-10-26(21-23)37-17-14-24(15-18-37)31-29-27(38(35-31)28-11-6-7-20-41-28)13-12-25(30(29)33(2,3)4)22-36(5)19-16-34-32(39)40/h8-10,12-13,21,24,28,34H,6-7,11,14-20,22H2,1-5H3,(H,39,40). The minimum atomic E-state index is -0.981. The molecule has 8 heteroatoms. The number of hydrogen-bond donors (Lipinski definition) is 2. The van der Waals surface area contributed by atoms with Gasteiger partial charge < -0.3 is 25.0 Å². The summed E-state index contributed by atoms with van der Waals surface area (Å²) in [5, 5.41) is 18.2. The van der Waals surface area contributed by atoms with Crippen LogP contribution in [0.4, 0.5) is 10.5 Å². The molecule has 0 saturated carbocycles. The molecule has 2 N–H and O–H groups in total. The molecule has 1 unspecified atom stereocenters. The van der Waals surface area contributed by atoms with Gasteiger partial charge in [-0.3, -0.25) is 0 Å². The summed E-state index contributed by atoms with van der Waals surface area (Å²) in [5.41, 5.74) is 7.56. The van der Waals surface area contributed by atoms with Crippen molar-refractivity contribution in [1.82, 2.24) is 20.0 Å². The topological polar surface area (TPSA) is 82.9 Å². The molecule has 2 saturated heterocycles. The van der Waals surface area contributed by atoms with Crippen molar-refractivity contribution in [2.24, 2.45) is 0 Å². The molecule has 2 aromatic carbocycles. The van der Waals surface area contributed by atoms with E-state index in [2.05, 4.69) is 90.9 Å². The zero-order valence-corrected chi connectivity index (χ0v) is 25.4. The maximum Gasteiger partial charge on any atom is 0.404 e. The van der Waals surface area contributed by atoms with Crippen LogP contribution in [0.5, 0.6) is 0 Å². The van der Waals surface area contributed by atoms with Crippen LogP contribution in [-0.2, 0) is 16.7 Å². The van der Waals surface area contributed by atoms with Crippen LogP contribution in [0.2, 0.25) is 0 Å². The first-order chi connectivity index (χ1) is 19.6. The van der Waals surface area contributed by atoms with Gasteiger partial charge in [-0.05, 0) is 86.4 Å². The van der Waals surface area contributed by atoms with Gasteiger partial charge in [0.2, 0.25) is 0 Å². The monoisotopic (exact) mass is 561 g/mol. The van der Waals surface area contributed by atoms with Gasteiger partial charge >= 0.3 is 6.09 Å². The van der Waals surface area contributed by atoms with Crippen molar-refractivity contribution in [2.45, 2.75) is 83.9 Å². The Morgan fingerprint density at radius 3 is 2.59 bits per heavy atom. The predicted molar refractivity (Wildman–Crippen MR) is 165 cm³/mol. The molecular weight excluding hydrogens is 514 g/mol. The summed E-state index contributed by atoms with van der Waals surface area (Å²) in [6, 6.07) is 13.3. The molecule has 5 rings (SSSR count). The minimum Gasteiger partial charge on any atom is -0.465 e. The Kier molecular flexibility index (Phi) is 8.90. The summed E-state index contributed by atoms with van der Waals surface area (Å²) in [6.45, 7) is 13.7. The van der Waals surface area contributed by atoms with Crippen LogP contribution >= 0.6 is 0 Å². The first kappa shape index (κ1) is 29.4. The lowest BCUT2D eigenvalue weighted by atomic mass is 9.79. The van der Waals surface area contributed by atoms with E-state index in [4.69, 9.17) is 14.9 Å². The fourth-order valence-electron chi connectivity index (χ4n) is 6.67. The number of aromatic nitrogens is 2. The van der Waals surface area contributed by atoms with E-state index < -0.39 is 6.09 Å². The number of nitrogens with zero attached hydrogens (tertiary/aromatic N) is 4. The number of nitrogens with one attached hydrogen (secondary N) is 1. The second-order valence-electron chi connectivity index (χ2n) is 13.0. The first-order valence-corrected chi connectivity index (χ1v) is 15.2. The molecule has 1 aromatic heterocycles. The summed E-state index contributed by atoms with van der Waals surface area (Å²) in [5.74, 6) is 0.386. The van der Waals surface area contributed by atoms with Gasteiger partial charge in [-0.1, -0.05) is 39.0 Å². The molecular formula is C33H47N5O3. The molecule has 222 valence electrons. The Hall–Kier alpha value is -3.10. The summed E-state index contributed by atoms with van der Waals surface area (Å²) < 4.78 is 8.46. The lowest BCUT2D eigenvalue weighted by molar-refractivity contribution is -0.0369. The molecule has 0 bridgehead atoms. The smallest absolute Gasteiger partial charge is 0.404 e. The van der Waals surface area contributed by atoms with Crippen molar-refractivity contribution in [3.63, 3.8) is 0 Å². The fourth-order valence-corrected chi connectivity index (χ4v) is 6.67. The van der Waals surface area contributed by atoms with Gasteiger partial charge in [0.25, 0.3) is 0 Å².